The van der Waals surface area contributed by atoms with Crippen molar-refractivity contribution in [2.24, 2.45) is 0 Å². The lowest BCUT2D eigenvalue weighted by molar-refractivity contribution is -0.145. The molecule has 3 N–H and O–H groups in total. The summed E-state index contributed by atoms with van der Waals surface area (Å²) >= 11 is 0. The van der Waals surface area contributed by atoms with E-state index < -0.39 is 46.8 Å². The Balaban J connectivity index is 2.18. The zero-order chi connectivity index (χ0) is 22.3. The number of benzene rings is 2. The molecule has 0 saturated carbocycles. The molecule has 0 amide bonds. The lowest BCUT2D eigenvalue weighted by atomic mass is 10.1. The van der Waals surface area contributed by atoms with Gasteiger partial charge in [0.1, 0.15) is 11.8 Å². The maximum absolute atomic E-state index is 12.5. The minimum atomic E-state index is -4.20. The van der Waals surface area contributed by atoms with Crippen LogP contribution in [0.1, 0.15) is 19.8 Å². The summed E-state index contributed by atoms with van der Waals surface area (Å²) in [5.41, 5.74) is 0. The number of carboxylic acid groups (broad SMARTS) is 2. The molecule has 0 radical (unpaired) electrons. The number of carboxylic acids is 2. The average Bonchev–Trinajstić information content (AvgIpc) is 2.68. The van der Waals surface area contributed by atoms with E-state index in [1.807, 2.05) is 4.72 Å². The van der Waals surface area contributed by atoms with Crippen molar-refractivity contribution in [3.05, 3.63) is 36.4 Å². The van der Waals surface area contributed by atoms with Crippen molar-refractivity contribution in [1.29, 1.82) is 0 Å². The number of hydrogen-bond acceptors (Lipinski definition) is 7. The highest BCUT2D eigenvalue weighted by Crippen LogP contribution is 2.24. The predicted molar refractivity (Wildman–Crippen MR) is 105 cm³/mol. The molecule has 0 fully saturated rings. The van der Waals surface area contributed by atoms with Crippen LogP contribution in [-0.2, 0) is 29.1 Å². The van der Waals surface area contributed by atoms with Gasteiger partial charge in [-0.15, -0.1) is 0 Å². The van der Waals surface area contributed by atoms with Gasteiger partial charge in [-0.1, -0.05) is 12.1 Å². The topological polar surface area (TPSA) is 156 Å². The first kappa shape index (κ1) is 23.1. The molecule has 0 aliphatic heterocycles. The zero-order valence-corrected chi connectivity index (χ0v) is 16.8. The molecule has 0 aliphatic carbocycles. The van der Waals surface area contributed by atoms with Gasteiger partial charge in [-0.05, 0) is 48.4 Å². The van der Waals surface area contributed by atoms with Gasteiger partial charge in [0.25, 0.3) is 0 Å². The lowest BCUT2D eigenvalue weighted by Gasteiger charge is -2.14. The molecule has 0 unspecified atom stereocenters. The fourth-order valence-corrected chi connectivity index (χ4v) is 3.82. The van der Waals surface area contributed by atoms with Crippen LogP contribution in [0.4, 0.5) is 0 Å². The first-order chi connectivity index (χ1) is 14.1. The number of sulfonamides is 1. The van der Waals surface area contributed by atoms with Crippen molar-refractivity contribution in [3.8, 4) is 5.75 Å². The summed E-state index contributed by atoms with van der Waals surface area (Å²) in [5, 5.41) is 19.0. The number of carbonyl (C=O) groups excluding carboxylic acids is 1. The van der Waals surface area contributed by atoms with Gasteiger partial charge in [-0.2, -0.15) is 4.72 Å². The van der Waals surface area contributed by atoms with Crippen molar-refractivity contribution >= 4 is 38.7 Å². The van der Waals surface area contributed by atoms with Gasteiger partial charge in [0.15, 0.2) is 6.61 Å². The predicted octanol–water partition coefficient (Wildman–Crippen LogP) is 1.38. The monoisotopic (exact) mass is 439 g/mol. The average molecular weight is 439 g/mol. The Morgan fingerprint density at radius 1 is 1.07 bits per heavy atom. The fraction of sp³-hybridized carbons (Fsp3) is 0.316. The largest absolute Gasteiger partial charge is 0.482 e. The van der Waals surface area contributed by atoms with Crippen LogP contribution >= 0.6 is 0 Å². The summed E-state index contributed by atoms with van der Waals surface area (Å²) in [4.78, 5) is 33.1. The molecule has 0 saturated heterocycles. The first-order valence-corrected chi connectivity index (χ1v) is 10.4. The third-order valence-electron chi connectivity index (χ3n) is 4.00. The molecule has 2 rings (SSSR count). The Kier molecular flexibility index (Phi) is 7.72. The Hall–Kier alpha value is -3.18. The van der Waals surface area contributed by atoms with Gasteiger partial charge in [-0.3, -0.25) is 9.59 Å². The molecular formula is C19H21NO9S. The van der Waals surface area contributed by atoms with Gasteiger partial charge in [0, 0.05) is 6.42 Å². The Morgan fingerprint density at radius 3 is 2.37 bits per heavy atom. The molecule has 0 spiro atoms. The zero-order valence-electron chi connectivity index (χ0n) is 16.0. The molecule has 0 bridgehead atoms. The Labute approximate surface area is 172 Å². The van der Waals surface area contributed by atoms with Crippen LogP contribution in [0, 0.1) is 0 Å². The summed E-state index contributed by atoms with van der Waals surface area (Å²) in [7, 11) is -4.20. The number of nitrogens with one attached hydrogen (secondary N) is 1. The van der Waals surface area contributed by atoms with Gasteiger partial charge in [-0.25, -0.2) is 13.2 Å². The Morgan fingerprint density at radius 2 is 1.73 bits per heavy atom. The van der Waals surface area contributed by atoms with Crippen LogP contribution < -0.4 is 9.46 Å². The first-order valence-electron chi connectivity index (χ1n) is 8.91. The summed E-state index contributed by atoms with van der Waals surface area (Å²) < 4.78 is 37.2. The quantitative estimate of drug-likeness (QED) is 0.440. The molecule has 0 aliphatic rings. The molecule has 11 heteroatoms. The molecule has 2 aromatic carbocycles. The second-order valence-electron chi connectivity index (χ2n) is 6.21. The third kappa shape index (κ3) is 6.42. The van der Waals surface area contributed by atoms with E-state index in [9.17, 15) is 22.8 Å². The number of hydrogen-bond donors (Lipinski definition) is 3. The van der Waals surface area contributed by atoms with E-state index in [1.54, 1.807) is 25.1 Å². The fourth-order valence-electron chi connectivity index (χ4n) is 2.56. The molecule has 30 heavy (non-hydrogen) atoms. The van der Waals surface area contributed by atoms with Gasteiger partial charge < -0.3 is 19.7 Å². The summed E-state index contributed by atoms with van der Waals surface area (Å²) in [6.07, 6.45) is -0.884. The highest BCUT2D eigenvalue weighted by atomic mass is 32.2. The summed E-state index contributed by atoms with van der Waals surface area (Å²) in [5.74, 6) is -2.82. The molecular weight excluding hydrogens is 418 g/mol. The molecule has 1 atom stereocenters. The van der Waals surface area contributed by atoms with Crippen molar-refractivity contribution in [3.63, 3.8) is 0 Å². The molecule has 0 heterocycles. The highest BCUT2D eigenvalue weighted by molar-refractivity contribution is 7.89. The number of rotatable bonds is 11. The van der Waals surface area contributed by atoms with Crippen LogP contribution in [0.15, 0.2) is 41.3 Å². The molecule has 0 aromatic heterocycles. The minimum Gasteiger partial charge on any atom is -0.482 e. The van der Waals surface area contributed by atoms with Crippen LogP contribution in [0.3, 0.4) is 0 Å². The van der Waals surface area contributed by atoms with E-state index in [0.717, 1.165) is 0 Å². The standard InChI is InChI=1S/C19H21NO9S/c1-2-28-18(23)11-29-14-5-3-13-10-15(6-4-12(13)9-14)30(26,27)20-16(19(24)25)7-8-17(21)22/h3-6,9-10,16,20H,2,7-8,11H2,1H3,(H,21,22)(H,24,25)/t16-/m1/s1. The molecule has 2 aromatic rings. The van der Waals surface area contributed by atoms with Crippen molar-refractivity contribution in [2.75, 3.05) is 13.2 Å². The lowest BCUT2D eigenvalue weighted by Crippen LogP contribution is -2.41. The maximum Gasteiger partial charge on any atom is 0.344 e. The van der Waals surface area contributed by atoms with Crippen molar-refractivity contribution < 1.29 is 42.5 Å². The molecule has 162 valence electrons. The normalized spacial score (nSPS) is 12.3. The van der Waals surface area contributed by atoms with Gasteiger partial charge in [0.05, 0.1) is 11.5 Å². The number of fused-ring (bicyclic) bond motifs is 1. The highest BCUT2D eigenvalue weighted by Gasteiger charge is 2.26. The summed E-state index contributed by atoms with van der Waals surface area (Å²) in [6, 6.07) is 7.34. The minimum absolute atomic E-state index is 0.170. The van der Waals surface area contributed by atoms with Crippen molar-refractivity contribution in [1.82, 2.24) is 4.72 Å². The third-order valence-corrected chi connectivity index (χ3v) is 5.47. The smallest absolute Gasteiger partial charge is 0.344 e. The van der Waals surface area contributed by atoms with E-state index in [-0.39, 0.29) is 18.1 Å². The number of carbonyl (C=O) groups is 3. The van der Waals surface area contributed by atoms with Crippen LogP contribution in [0.25, 0.3) is 10.8 Å². The van der Waals surface area contributed by atoms with E-state index in [0.29, 0.717) is 16.5 Å². The SMILES string of the molecule is CCOC(=O)COc1ccc2cc(S(=O)(=O)N[C@H](CCC(=O)O)C(=O)O)ccc2c1. The maximum atomic E-state index is 12.5. The van der Waals surface area contributed by atoms with Gasteiger partial charge >= 0.3 is 17.9 Å². The second-order valence-corrected chi connectivity index (χ2v) is 7.92. The number of ether oxygens (including phenoxy) is 2. The van der Waals surface area contributed by atoms with E-state index in [2.05, 4.69) is 0 Å². The number of aliphatic carboxylic acids is 2. The molecule has 10 nitrogen and oxygen atoms in total. The summed E-state index contributed by atoms with van der Waals surface area (Å²) in [6.45, 7) is 1.66. The van der Waals surface area contributed by atoms with Gasteiger partial charge in [0.2, 0.25) is 10.0 Å². The van der Waals surface area contributed by atoms with Crippen LogP contribution in [0.5, 0.6) is 5.75 Å². The number of esters is 1. The van der Waals surface area contributed by atoms with Crippen LogP contribution in [-0.4, -0.2) is 55.8 Å². The second kappa shape index (κ2) is 10.0. The van der Waals surface area contributed by atoms with E-state index in [4.69, 9.17) is 19.7 Å². The van der Waals surface area contributed by atoms with Crippen molar-refractivity contribution in [2.45, 2.75) is 30.7 Å². The Bertz CT molecular complexity index is 1050. The van der Waals surface area contributed by atoms with E-state index in [1.165, 1.54) is 18.2 Å². The van der Waals surface area contributed by atoms with E-state index >= 15 is 0 Å². The van der Waals surface area contributed by atoms with Crippen LogP contribution in [0.2, 0.25) is 0 Å².